The van der Waals surface area contributed by atoms with E-state index < -0.39 is 0 Å². The Kier molecular flexibility index (Phi) is 1.32. The molecule has 0 fully saturated rings. The number of hydrogen-bond acceptors (Lipinski definition) is 1. The summed E-state index contributed by atoms with van der Waals surface area (Å²) in [7, 11) is 0. The summed E-state index contributed by atoms with van der Waals surface area (Å²) in [4.78, 5) is 3.27. The smallest absolute Gasteiger partial charge is 0.163 e. The highest BCUT2D eigenvalue weighted by atomic mass is 14.7. The van der Waals surface area contributed by atoms with Crippen LogP contribution in [0.25, 0.3) is 4.85 Å². The molecule has 0 aliphatic heterocycles. The van der Waals surface area contributed by atoms with Crippen molar-refractivity contribution in [2.45, 2.75) is 18.9 Å². The van der Waals surface area contributed by atoms with Crippen molar-refractivity contribution in [1.29, 1.82) is 0 Å². The third-order valence-electron chi connectivity index (χ3n) is 1.28. The van der Waals surface area contributed by atoms with E-state index in [9.17, 15) is 0 Å². The molecule has 1 aliphatic rings. The Labute approximate surface area is 48.8 Å². The van der Waals surface area contributed by atoms with Crippen LogP contribution in [0.3, 0.4) is 0 Å². The summed E-state index contributed by atoms with van der Waals surface area (Å²) in [6.45, 7) is 6.59. The minimum Gasteiger partial charge on any atom is -0.326 e. The van der Waals surface area contributed by atoms with Crippen molar-refractivity contribution in [3.63, 3.8) is 0 Å². The molecule has 0 amide bonds. The summed E-state index contributed by atoms with van der Waals surface area (Å²) >= 11 is 0. The standard InChI is InChI=1S/C6H8N2/c1-8-6-3-2-5(7)4-6/h4-5H,2-3,7H2/t5-/m1/s1. The largest absolute Gasteiger partial charge is 0.326 e. The molecule has 2 heteroatoms. The highest BCUT2D eigenvalue weighted by molar-refractivity contribution is 5.18. The van der Waals surface area contributed by atoms with Crippen LogP contribution in [0.5, 0.6) is 0 Å². The van der Waals surface area contributed by atoms with E-state index in [1.807, 2.05) is 6.08 Å². The van der Waals surface area contributed by atoms with Crippen LogP contribution in [0.1, 0.15) is 12.8 Å². The zero-order valence-corrected chi connectivity index (χ0v) is 4.59. The molecule has 0 saturated carbocycles. The van der Waals surface area contributed by atoms with Crippen LogP contribution in [-0.2, 0) is 0 Å². The van der Waals surface area contributed by atoms with Crippen molar-refractivity contribution in [3.8, 4) is 0 Å². The quantitative estimate of drug-likeness (QED) is 0.459. The van der Waals surface area contributed by atoms with Crippen LogP contribution in [0, 0.1) is 6.57 Å². The maximum atomic E-state index is 6.59. The van der Waals surface area contributed by atoms with Gasteiger partial charge in [0, 0.05) is 6.04 Å². The second-order valence-corrected chi connectivity index (χ2v) is 1.97. The molecule has 2 nitrogen and oxygen atoms in total. The normalized spacial score (nSPS) is 27.0. The van der Waals surface area contributed by atoms with Gasteiger partial charge in [-0.1, -0.05) is 6.08 Å². The molecule has 0 aromatic heterocycles. The summed E-state index contributed by atoms with van der Waals surface area (Å²) in [6, 6.07) is 0.152. The predicted octanol–water partition coefficient (Wildman–Crippen LogP) is 0.911. The number of nitrogens with two attached hydrogens (primary N) is 1. The van der Waals surface area contributed by atoms with Crippen molar-refractivity contribution < 1.29 is 0 Å². The van der Waals surface area contributed by atoms with E-state index in [0.29, 0.717) is 0 Å². The minimum absolute atomic E-state index is 0.152. The molecule has 0 spiro atoms. The third-order valence-corrected chi connectivity index (χ3v) is 1.28. The van der Waals surface area contributed by atoms with Gasteiger partial charge in [0.05, 0.1) is 6.57 Å². The van der Waals surface area contributed by atoms with Gasteiger partial charge in [-0.2, -0.15) is 0 Å². The Morgan fingerprint density at radius 2 is 2.62 bits per heavy atom. The van der Waals surface area contributed by atoms with Crippen molar-refractivity contribution in [2.75, 3.05) is 0 Å². The van der Waals surface area contributed by atoms with Crippen molar-refractivity contribution in [1.82, 2.24) is 0 Å². The molecule has 0 radical (unpaired) electrons. The maximum Gasteiger partial charge on any atom is 0.163 e. The fourth-order valence-electron chi connectivity index (χ4n) is 0.821. The molecule has 1 rings (SSSR count). The van der Waals surface area contributed by atoms with Crippen molar-refractivity contribution >= 4 is 0 Å². The van der Waals surface area contributed by atoms with E-state index in [-0.39, 0.29) is 6.04 Å². The molecule has 1 aliphatic carbocycles. The van der Waals surface area contributed by atoms with Crippen LogP contribution in [0.4, 0.5) is 0 Å². The Balaban J connectivity index is 2.61. The van der Waals surface area contributed by atoms with Crippen molar-refractivity contribution in [2.24, 2.45) is 5.73 Å². The number of allylic oxidation sites excluding steroid dienone is 1. The Morgan fingerprint density at radius 1 is 1.88 bits per heavy atom. The highest BCUT2D eigenvalue weighted by Gasteiger charge is 2.10. The lowest BCUT2D eigenvalue weighted by molar-refractivity contribution is 0.776. The summed E-state index contributed by atoms with van der Waals surface area (Å²) in [6.07, 6.45) is 3.68. The summed E-state index contributed by atoms with van der Waals surface area (Å²) < 4.78 is 0. The second kappa shape index (κ2) is 1.97. The number of nitrogens with zero attached hydrogens (tertiary/aromatic N) is 1. The first-order valence-corrected chi connectivity index (χ1v) is 2.66. The molecular weight excluding hydrogens is 100 g/mol. The van der Waals surface area contributed by atoms with Gasteiger partial charge in [-0.15, -0.1) is 0 Å². The van der Waals surface area contributed by atoms with E-state index in [2.05, 4.69) is 4.85 Å². The van der Waals surface area contributed by atoms with Crippen LogP contribution >= 0.6 is 0 Å². The molecular formula is C6H8N2. The van der Waals surface area contributed by atoms with Gasteiger partial charge in [0.1, 0.15) is 0 Å². The molecule has 2 N–H and O–H groups in total. The SMILES string of the molecule is [C-]#[N+]C1=C[C@H](N)CC1. The van der Waals surface area contributed by atoms with Gasteiger partial charge in [0.25, 0.3) is 0 Å². The maximum absolute atomic E-state index is 6.59. The average molecular weight is 108 g/mol. The van der Waals surface area contributed by atoms with E-state index in [1.54, 1.807) is 0 Å². The van der Waals surface area contributed by atoms with Gasteiger partial charge < -0.3 is 5.73 Å². The van der Waals surface area contributed by atoms with Gasteiger partial charge >= 0.3 is 0 Å². The zero-order chi connectivity index (χ0) is 5.98. The summed E-state index contributed by atoms with van der Waals surface area (Å²) in [5.74, 6) is 0. The van der Waals surface area contributed by atoms with Crippen molar-refractivity contribution in [3.05, 3.63) is 23.2 Å². The fraction of sp³-hybridized carbons (Fsp3) is 0.500. The van der Waals surface area contributed by atoms with Gasteiger partial charge in [0.2, 0.25) is 0 Å². The summed E-state index contributed by atoms with van der Waals surface area (Å²) in [5, 5.41) is 0. The Hall–Kier alpha value is -0.810. The third kappa shape index (κ3) is 0.877. The molecule has 0 aromatic carbocycles. The van der Waals surface area contributed by atoms with E-state index in [4.69, 9.17) is 12.3 Å². The van der Waals surface area contributed by atoms with Crippen LogP contribution in [0.15, 0.2) is 11.8 Å². The van der Waals surface area contributed by atoms with E-state index in [0.717, 1.165) is 18.5 Å². The fourth-order valence-corrected chi connectivity index (χ4v) is 0.821. The lowest BCUT2D eigenvalue weighted by Crippen LogP contribution is -2.11. The topological polar surface area (TPSA) is 30.4 Å². The molecule has 0 unspecified atom stereocenters. The number of hydrogen-bond donors (Lipinski definition) is 1. The summed E-state index contributed by atoms with van der Waals surface area (Å²) in [5.41, 5.74) is 6.31. The first-order valence-electron chi connectivity index (χ1n) is 2.66. The Bertz CT molecular complexity index is 152. The Morgan fingerprint density at radius 3 is 2.88 bits per heavy atom. The first kappa shape index (κ1) is 5.33. The van der Waals surface area contributed by atoms with Crippen LogP contribution in [0.2, 0.25) is 0 Å². The first-order chi connectivity index (χ1) is 3.83. The molecule has 8 heavy (non-hydrogen) atoms. The minimum atomic E-state index is 0.152. The highest BCUT2D eigenvalue weighted by Crippen LogP contribution is 2.16. The van der Waals surface area contributed by atoms with Gasteiger partial charge in [-0.25, -0.2) is 4.85 Å². The lowest BCUT2D eigenvalue weighted by atomic mass is 10.3. The molecule has 0 bridgehead atoms. The van der Waals surface area contributed by atoms with E-state index >= 15 is 0 Å². The molecule has 1 atom stereocenters. The van der Waals surface area contributed by atoms with Gasteiger partial charge in [-0.05, 0) is 12.8 Å². The monoisotopic (exact) mass is 108 g/mol. The molecule has 42 valence electrons. The van der Waals surface area contributed by atoms with Gasteiger partial charge in [-0.3, -0.25) is 0 Å². The second-order valence-electron chi connectivity index (χ2n) is 1.97. The van der Waals surface area contributed by atoms with Gasteiger partial charge in [0.15, 0.2) is 5.70 Å². The van der Waals surface area contributed by atoms with Crippen LogP contribution < -0.4 is 5.73 Å². The molecule has 0 aromatic rings. The van der Waals surface area contributed by atoms with E-state index in [1.165, 1.54) is 0 Å². The average Bonchev–Trinajstić information content (AvgIpc) is 2.14. The molecule has 0 heterocycles. The zero-order valence-electron chi connectivity index (χ0n) is 4.59. The predicted molar refractivity (Wildman–Crippen MR) is 31.9 cm³/mol. The number of rotatable bonds is 0. The lowest BCUT2D eigenvalue weighted by Gasteiger charge is -1.91. The molecule has 0 saturated heterocycles. The van der Waals surface area contributed by atoms with Crippen LogP contribution in [-0.4, -0.2) is 6.04 Å².